The third kappa shape index (κ3) is 6.87. The molecule has 0 radical (unpaired) electrons. The van der Waals surface area contributed by atoms with Crippen LogP contribution in [0.15, 0.2) is 97.2 Å². The molecule has 1 unspecified atom stereocenters. The molecule has 5 rings (SSSR count). The molecule has 8 nitrogen and oxygen atoms in total. The van der Waals surface area contributed by atoms with Crippen molar-refractivity contribution in [2.75, 3.05) is 5.32 Å². The fourth-order valence-electron chi connectivity index (χ4n) is 4.92. The highest BCUT2D eigenvalue weighted by Crippen LogP contribution is 2.35. The molecule has 1 heterocycles. The standard InChI is InChI=1S/C34H32FN3O5Si/c1-21(22-6-4-3-5-7-22)42-34(41)37-32-29(20-36-38(32)2)24-10-8-23(9-11-24)25-12-14-30(26(18-25)16-17-44)43-31-15-13-27(35)19-28(31)33(39)40/h3-15,18-21H,16-17H2,1-2,44H3,(H,37,41)(H,39,40). The second-order valence-corrected chi connectivity index (χ2v) is 11.3. The van der Waals surface area contributed by atoms with E-state index in [9.17, 15) is 19.1 Å². The normalized spacial score (nSPS) is 11.6. The summed E-state index contributed by atoms with van der Waals surface area (Å²) in [7, 11) is 2.74. The van der Waals surface area contributed by atoms with Crippen molar-refractivity contribution in [1.82, 2.24) is 9.78 Å². The first-order chi connectivity index (χ1) is 21.2. The second-order valence-electron chi connectivity index (χ2n) is 10.3. The number of nitrogens with zero attached hydrogens (tertiary/aromatic N) is 2. The zero-order chi connectivity index (χ0) is 31.2. The van der Waals surface area contributed by atoms with E-state index in [4.69, 9.17) is 9.47 Å². The van der Waals surface area contributed by atoms with Crippen molar-refractivity contribution >= 4 is 28.1 Å². The van der Waals surface area contributed by atoms with E-state index in [0.717, 1.165) is 62.2 Å². The van der Waals surface area contributed by atoms with Gasteiger partial charge in [0.15, 0.2) is 0 Å². The van der Waals surface area contributed by atoms with Gasteiger partial charge in [-0.3, -0.25) is 10.00 Å². The van der Waals surface area contributed by atoms with Crippen LogP contribution >= 0.6 is 0 Å². The summed E-state index contributed by atoms with van der Waals surface area (Å²) in [6, 6.07) is 27.6. The number of rotatable bonds is 10. The molecule has 0 saturated carbocycles. The number of carboxylic acid groups (broad SMARTS) is 1. The summed E-state index contributed by atoms with van der Waals surface area (Å²) in [6.45, 7) is 1.82. The van der Waals surface area contributed by atoms with Crippen LogP contribution in [0.1, 0.15) is 34.5 Å². The third-order valence-corrected chi connectivity index (χ3v) is 7.71. The number of amides is 1. The van der Waals surface area contributed by atoms with Gasteiger partial charge >= 0.3 is 12.1 Å². The topological polar surface area (TPSA) is 103 Å². The van der Waals surface area contributed by atoms with Crippen molar-refractivity contribution in [1.29, 1.82) is 0 Å². The van der Waals surface area contributed by atoms with Crippen LogP contribution in [-0.2, 0) is 18.2 Å². The zero-order valence-corrected chi connectivity index (χ0v) is 26.6. The van der Waals surface area contributed by atoms with Gasteiger partial charge in [0.1, 0.15) is 34.8 Å². The molecule has 0 bridgehead atoms. The summed E-state index contributed by atoms with van der Waals surface area (Å²) >= 11 is 0. The number of hydrogen-bond donors (Lipinski definition) is 2. The van der Waals surface area contributed by atoms with Crippen LogP contribution in [0.5, 0.6) is 11.5 Å². The number of hydrogen-bond acceptors (Lipinski definition) is 5. The van der Waals surface area contributed by atoms with Crippen molar-refractivity contribution in [3.63, 3.8) is 0 Å². The number of aromatic nitrogens is 2. The first-order valence-electron chi connectivity index (χ1n) is 14.2. The smallest absolute Gasteiger partial charge is 0.413 e. The van der Waals surface area contributed by atoms with E-state index in [0.29, 0.717) is 11.6 Å². The molecule has 1 amide bonds. The Hall–Kier alpha value is -5.22. The maximum atomic E-state index is 13.7. The van der Waals surface area contributed by atoms with Crippen molar-refractivity contribution in [3.8, 4) is 33.8 Å². The number of aromatic carboxylic acids is 1. The Bertz CT molecular complexity index is 1790. The van der Waals surface area contributed by atoms with Crippen molar-refractivity contribution < 1.29 is 28.6 Å². The van der Waals surface area contributed by atoms with Gasteiger partial charge in [0.25, 0.3) is 0 Å². The quantitative estimate of drug-likeness (QED) is 0.165. The van der Waals surface area contributed by atoms with Gasteiger partial charge in [-0.2, -0.15) is 5.10 Å². The molecular weight excluding hydrogens is 577 g/mol. The molecule has 2 N–H and O–H groups in total. The minimum absolute atomic E-state index is 0.0879. The summed E-state index contributed by atoms with van der Waals surface area (Å²) in [4.78, 5) is 24.4. The maximum Gasteiger partial charge on any atom is 0.413 e. The molecule has 0 aliphatic carbocycles. The van der Waals surface area contributed by atoms with Crippen molar-refractivity contribution in [2.24, 2.45) is 7.05 Å². The summed E-state index contributed by atoms with van der Waals surface area (Å²) in [5.41, 5.74) is 5.15. The SMILES string of the molecule is CC(OC(=O)Nc1c(-c2ccc(-c3ccc(Oc4ccc(F)cc4C(=O)O)c(CC[SiH3])c3)cc2)cnn1C)c1ccccc1. The molecule has 1 aromatic heterocycles. The number of benzene rings is 4. The molecule has 0 aliphatic heterocycles. The molecule has 0 spiro atoms. The summed E-state index contributed by atoms with van der Waals surface area (Å²) < 4.78 is 26.8. The zero-order valence-electron chi connectivity index (χ0n) is 24.6. The highest BCUT2D eigenvalue weighted by molar-refractivity contribution is 6.08. The van der Waals surface area contributed by atoms with Gasteiger partial charge in [-0.1, -0.05) is 66.7 Å². The molecule has 0 saturated heterocycles. The van der Waals surface area contributed by atoms with Crippen LogP contribution in [0.25, 0.3) is 22.3 Å². The maximum absolute atomic E-state index is 13.7. The molecule has 0 aliphatic rings. The van der Waals surface area contributed by atoms with Gasteiger partial charge in [-0.05, 0) is 71.5 Å². The summed E-state index contributed by atoms with van der Waals surface area (Å²) in [5, 5.41) is 16.7. The van der Waals surface area contributed by atoms with Crippen LogP contribution in [0.4, 0.5) is 15.0 Å². The molecule has 0 fully saturated rings. The van der Waals surface area contributed by atoms with Gasteiger partial charge < -0.3 is 14.6 Å². The first kappa shape index (κ1) is 30.2. The first-order valence-corrected chi connectivity index (χ1v) is 15.6. The predicted octanol–water partition coefficient (Wildman–Crippen LogP) is 7.02. The van der Waals surface area contributed by atoms with E-state index in [1.54, 1.807) is 17.9 Å². The van der Waals surface area contributed by atoms with Crippen molar-refractivity contribution in [3.05, 3.63) is 120 Å². The number of halogens is 1. The van der Waals surface area contributed by atoms with E-state index < -0.39 is 24.0 Å². The summed E-state index contributed by atoms with van der Waals surface area (Å²) in [5.74, 6) is -0.758. The fourth-order valence-corrected chi connectivity index (χ4v) is 5.46. The lowest BCUT2D eigenvalue weighted by molar-refractivity contribution is 0.0693. The van der Waals surface area contributed by atoms with E-state index in [1.165, 1.54) is 12.1 Å². The number of nitrogens with one attached hydrogen (secondary N) is 1. The lowest BCUT2D eigenvalue weighted by Crippen LogP contribution is -2.18. The van der Waals surface area contributed by atoms with Gasteiger partial charge in [0, 0.05) is 22.9 Å². The highest BCUT2D eigenvalue weighted by Gasteiger charge is 2.18. The van der Waals surface area contributed by atoms with E-state index in [-0.39, 0.29) is 11.3 Å². The van der Waals surface area contributed by atoms with E-state index in [1.807, 2.05) is 79.7 Å². The van der Waals surface area contributed by atoms with Gasteiger partial charge in [-0.25, -0.2) is 14.0 Å². The number of carbonyl (C=O) groups excluding carboxylic acids is 1. The molecule has 44 heavy (non-hydrogen) atoms. The fraction of sp³-hybridized carbons (Fsp3) is 0.147. The Balaban J connectivity index is 1.35. The highest BCUT2D eigenvalue weighted by atomic mass is 28.1. The van der Waals surface area contributed by atoms with E-state index >= 15 is 0 Å². The largest absolute Gasteiger partial charge is 0.478 e. The second kappa shape index (κ2) is 13.4. The number of anilines is 1. The monoisotopic (exact) mass is 609 g/mol. The molecule has 10 heteroatoms. The average Bonchev–Trinajstić information content (AvgIpc) is 3.38. The predicted molar refractivity (Wildman–Crippen MR) is 171 cm³/mol. The third-order valence-electron chi connectivity index (χ3n) is 7.21. The van der Waals surface area contributed by atoms with Crippen LogP contribution in [0.3, 0.4) is 0 Å². The minimum atomic E-state index is -1.26. The Morgan fingerprint density at radius 1 is 0.955 bits per heavy atom. The number of ether oxygens (including phenoxy) is 2. The average molecular weight is 610 g/mol. The minimum Gasteiger partial charge on any atom is -0.478 e. The molecule has 5 aromatic rings. The van der Waals surface area contributed by atoms with E-state index in [2.05, 4.69) is 10.4 Å². The van der Waals surface area contributed by atoms with Crippen LogP contribution < -0.4 is 10.1 Å². The number of carbonyl (C=O) groups is 2. The Kier molecular flexibility index (Phi) is 9.20. The van der Waals surface area contributed by atoms with Crippen LogP contribution in [-0.4, -0.2) is 37.2 Å². The Morgan fingerprint density at radius 3 is 2.34 bits per heavy atom. The lowest BCUT2D eigenvalue weighted by Gasteiger charge is -2.15. The molecule has 4 aromatic carbocycles. The molecular formula is C34H32FN3O5Si. The lowest BCUT2D eigenvalue weighted by atomic mass is 9.99. The van der Waals surface area contributed by atoms with Crippen LogP contribution in [0.2, 0.25) is 6.04 Å². The van der Waals surface area contributed by atoms with Gasteiger partial charge in [-0.15, -0.1) is 0 Å². The molecule has 1 atom stereocenters. The Morgan fingerprint density at radius 2 is 1.64 bits per heavy atom. The van der Waals surface area contributed by atoms with Gasteiger partial charge in [0.05, 0.1) is 6.20 Å². The van der Waals surface area contributed by atoms with Crippen LogP contribution in [0, 0.1) is 5.82 Å². The number of carboxylic acids is 1. The van der Waals surface area contributed by atoms with Crippen molar-refractivity contribution in [2.45, 2.75) is 25.5 Å². The Labute approximate surface area is 257 Å². The molecule has 224 valence electrons. The van der Waals surface area contributed by atoms with Gasteiger partial charge in [0.2, 0.25) is 0 Å². The number of aryl methyl sites for hydroxylation is 2. The summed E-state index contributed by atoms with van der Waals surface area (Å²) in [6.07, 6.45) is 1.47.